The molecule has 6 nitrogen and oxygen atoms in total. The van der Waals surface area contributed by atoms with Crippen molar-refractivity contribution < 1.29 is 14.3 Å². The van der Waals surface area contributed by atoms with Gasteiger partial charge in [0.25, 0.3) is 0 Å². The standard InChI is InChI=1S/C34H38ClN3O3.ClH/c1-41-26-13-11-24(12-14-26)23-38-20-17-34(33(38)40)15-18-37(19-16-34)31(32(39)27-9-5-6-10-30(27)35)29-22-36-21-28(29)25-7-3-2-4-8-25;/h2-14,28-29,31,36H,15-23H2,1H3;1H/t28-,29-,31?;/m1./s1. The van der Waals surface area contributed by atoms with E-state index in [4.69, 9.17) is 16.3 Å². The highest BCUT2D eigenvalue weighted by Crippen LogP contribution is 2.44. The van der Waals surface area contributed by atoms with Crippen LogP contribution in [-0.4, -0.2) is 67.4 Å². The Labute approximate surface area is 259 Å². The summed E-state index contributed by atoms with van der Waals surface area (Å²) in [5.41, 5.74) is 2.61. The van der Waals surface area contributed by atoms with Crippen molar-refractivity contribution in [2.75, 3.05) is 39.8 Å². The van der Waals surface area contributed by atoms with Gasteiger partial charge in [-0.15, -0.1) is 12.4 Å². The largest absolute Gasteiger partial charge is 0.497 e. The topological polar surface area (TPSA) is 61.9 Å². The molecule has 222 valence electrons. The number of piperidine rings is 1. The second kappa shape index (κ2) is 13.2. The molecular formula is C34H39Cl2N3O3. The van der Waals surface area contributed by atoms with E-state index in [2.05, 4.69) is 34.5 Å². The lowest BCUT2D eigenvalue weighted by atomic mass is 9.74. The van der Waals surface area contributed by atoms with Crippen molar-refractivity contribution in [3.05, 3.63) is 101 Å². The van der Waals surface area contributed by atoms with Crippen molar-refractivity contribution in [3.63, 3.8) is 0 Å². The summed E-state index contributed by atoms with van der Waals surface area (Å²) in [6.07, 6.45) is 2.41. The van der Waals surface area contributed by atoms with Crippen LogP contribution in [0.25, 0.3) is 0 Å². The maximum absolute atomic E-state index is 14.3. The number of ether oxygens (including phenoxy) is 1. The van der Waals surface area contributed by atoms with E-state index in [0.29, 0.717) is 17.1 Å². The fourth-order valence-electron chi connectivity index (χ4n) is 7.24. The molecule has 1 N–H and O–H groups in total. The van der Waals surface area contributed by atoms with E-state index < -0.39 is 0 Å². The molecule has 3 fully saturated rings. The highest BCUT2D eigenvalue weighted by Gasteiger charge is 2.50. The van der Waals surface area contributed by atoms with Crippen LogP contribution in [0.1, 0.15) is 46.7 Å². The number of hydrogen-bond acceptors (Lipinski definition) is 5. The van der Waals surface area contributed by atoms with E-state index in [9.17, 15) is 9.59 Å². The summed E-state index contributed by atoms with van der Waals surface area (Å²) < 4.78 is 5.28. The highest BCUT2D eigenvalue weighted by atomic mass is 35.5. The molecule has 0 aliphatic carbocycles. The second-order valence-corrected chi connectivity index (χ2v) is 12.2. The Kier molecular flexibility index (Phi) is 9.58. The Balaban J connectivity index is 0.00000353. The summed E-state index contributed by atoms with van der Waals surface area (Å²) in [6.45, 7) is 4.46. The first-order chi connectivity index (χ1) is 20.0. The quantitative estimate of drug-likeness (QED) is 0.326. The van der Waals surface area contributed by atoms with Gasteiger partial charge in [0.05, 0.1) is 23.6 Å². The molecule has 3 aliphatic heterocycles. The molecule has 0 radical (unpaired) electrons. The molecule has 1 amide bonds. The van der Waals surface area contributed by atoms with Gasteiger partial charge in [0.1, 0.15) is 5.75 Å². The molecule has 3 atom stereocenters. The van der Waals surface area contributed by atoms with Crippen LogP contribution in [-0.2, 0) is 11.3 Å². The molecule has 1 unspecified atom stereocenters. The van der Waals surface area contributed by atoms with E-state index in [-0.39, 0.29) is 47.4 Å². The number of likely N-dealkylation sites (tertiary alicyclic amines) is 2. The van der Waals surface area contributed by atoms with Gasteiger partial charge in [-0.2, -0.15) is 0 Å². The van der Waals surface area contributed by atoms with Crippen LogP contribution < -0.4 is 10.1 Å². The first-order valence-electron chi connectivity index (χ1n) is 14.7. The highest BCUT2D eigenvalue weighted by molar-refractivity contribution is 6.34. The SMILES string of the molecule is COc1ccc(CN2CCC3(CCN(C(C(=O)c4ccccc4Cl)[C@@H]4CNC[C@@H]4c4ccccc4)CC3)C2=O)cc1.Cl. The van der Waals surface area contributed by atoms with E-state index in [0.717, 1.165) is 63.3 Å². The number of methoxy groups -OCH3 is 1. The molecule has 3 saturated heterocycles. The lowest BCUT2D eigenvalue weighted by molar-refractivity contribution is -0.139. The summed E-state index contributed by atoms with van der Waals surface area (Å²) >= 11 is 6.57. The molecule has 8 heteroatoms. The van der Waals surface area contributed by atoms with E-state index in [1.165, 1.54) is 5.56 Å². The Bertz CT molecular complexity index is 1380. The van der Waals surface area contributed by atoms with Crippen molar-refractivity contribution in [2.24, 2.45) is 11.3 Å². The minimum absolute atomic E-state index is 0. The van der Waals surface area contributed by atoms with Gasteiger partial charge in [0, 0.05) is 43.6 Å². The van der Waals surface area contributed by atoms with Crippen molar-refractivity contribution in [3.8, 4) is 5.75 Å². The van der Waals surface area contributed by atoms with Gasteiger partial charge in [-0.3, -0.25) is 14.5 Å². The number of carbonyl (C=O) groups excluding carboxylic acids is 2. The van der Waals surface area contributed by atoms with E-state index >= 15 is 0 Å². The summed E-state index contributed by atoms with van der Waals surface area (Å²) in [5.74, 6) is 1.50. The molecule has 1 spiro atoms. The molecule has 0 saturated carbocycles. The summed E-state index contributed by atoms with van der Waals surface area (Å²) in [5, 5.41) is 4.07. The third kappa shape index (κ3) is 5.96. The Hall–Kier alpha value is -2.90. The van der Waals surface area contributed by atoms with Gasteiger partial charge >= 0.3 is 0 Å². The van der Waals surface area contributed by atoms with E-state index in [1.54, 1.807) is 13.2 Å². The zero-order chi connectivity index (χ0) is 28.4. The van der Waals surface area contributed by atoms with Crippen LogP contribution in [0.15, 0.2) is 78.9 Å². The number of Topliss-reactive ketones (excluding diaryl/α,β-unsaturated/α-hetero) is 1. The lowest BCUT2D eigenvalue weighted by Crippen LogP contribution is -2.54. The van der Waals surface area contributed by atoms with Gasteiger partial charge in [0.2, 0.25) is 5.91 Å². The zero-order valence-corrected chi connectivity index (χ0v) is 25.6. The molecule has 3 aromatic rings. The summed E-state index contributed by atoms with van der Waals surface area (Å²) in [6, 6.07) is 25.6. The molecule has 3 aliphatic rings. The van der Waals surface area contributed by atoms with Crippen LogP contribution in [0.4, 0.5) is 0 Å². The Morgan fingerprint density at radius 1 is 0.952 bits per heavy atom. The molecule has 42 heavy (non-hydrogen) atoms. The van der Waals surface area contributed by atoms with Crippen LogP contribution in [0.2, 0.25) is 5.02 Å². The van der Waals surface area contributed by atoms with Gasteiger partial charge < -0.3 is 15.0 Å². The van der Waals surface area contributed by atoms with Crippen LogP contribution in [0, 0.1) is 11.3 Å². The second-order valence-electron chi connectivity index (χ2n) is 11.8. The lowest BCUT2D eigenvalue weighted by Gasteiger charge is -2.43. The first kappa shape index (κ1) is 30.6. The average Bonchev–Trinajstić information content (AvgIpc) is 3.61. The summed E-state index contributed by atoms with van der Waals surface area (Å²) in [4.78, 5) is 32.4. The third-order valence-corrected chi connectivity index (χ3v) is 9.91. The van der Waals surface area contributed by atoms with Crippen molar-refractivity contribution >= 4 is 35.7 Å². The number of nitrogens with zero attached hydrogens (tertiary/aromatic N) is 2. The number of halogens is 2. The molecule has 0 aromatic heterocycles. The maximum atomic E-state index is 14.3. The monoisotopic (exact) mass is 607 g/mol. The molecule has 3 heterocycles. The molecular weight excluding hydrogens is 569 g/mol. The zero-order valence-electron chi connectivity index (χ0n) is 24.0. The predicted octanol–water partition coefficient (Wildman–Crippen LogP) is 5.84. The minimum atomic E-state index is -0.340. The number of carbonyl (C=O) groups is 2. The van der Waals surface area contributed by atoms with Gasteiger partial charge in [-0.1, -0.05) is 66.2 Å². The smallest absolute Gasteiger partial charge is 0.229 e. The fraction of sp³-hybridized carbons (Fsp3) is 0.412. The number of ketones is 1. The van der Waals surface area contributed by atoms with Crippen molar-refractivity contribution in [1.29, 1.82) is 0 Å². The minimum Gasteiger partial charge on any atom is -0.497 e. The van der Waals surface area contributed by atoms with E-state index in [1.807, 2.05) is 53.4 Å². The molecule has 0 bridgehead atoms. The fourth-order valence-corrected chi connectivity index (χ4v) is 7.47. The number of benzene rings is 3. The number of amides is 1. The van der Waals surface area contributed by atoms with Gasteiger partial charge in [-0.25, -0.2) is 0 Å². The number of nitrogens with one attached hydrogen (secondary N) is 1. The third-order valence-electron chi connectivity index (χ3n) is 9.58. The van der Waals surface area contributed by atoms with Crippen molar-refractivity contribution in [1.82, 2.24) is 15.1 Å². The molecule has 6 rings (SSSR count). The number of rotatable bonds is 8. The predicted molar refractivity (Wildman–Crippen MR) is 169 cm³/mol. The Morgan fingerprint density at radius 2 is 1.62 bits per heavy atom. The van der Waals surface area contributed by atoms with Gasteiger partial charge in [0.15, 0.2) is 5.78 Å². The first-order valence-corrected chi connectivity index (χ1v) is 15.1. The normalized spacial score (nSPS) is 22.6. The number of hydrogen-bond donors (Lipinski definition) is 1. The van der Waals surface area contributed by atoms with Crippen LogP contribution >= 0.6 is 24.0 Å². The van der Waals surface area contributed by atoms with Crippen molar-refractivity contribution in [2.45, 2.75) is 37.8 Å². The van der Waals surface area contributed by atoms with Gasteiger partial charge in [-0.05, 0) is 67.7 Å². The summed E-state index contributed by atoms with van der Waals surface area (Å²) in [7, 11) is 1.66. The average molecular weight is 609 g/mol. The van der Waals surface area contributed by atoms with Crippen LogP contribution in [0.5, 0.6) is 5.75 Å². The maximum Gasteiger partial charge on any atom is 0.229 e. The Morgan fingerprint density at radius 3 is 2.31 bits per heavy atom. The van der Waals surface area contributed by atoms with Crippen LogP contribution in [0.3, 0.4) is 0 Å². The molecule has 3 aromatic carbocycles.